The predicted octanol–water partition coefficient (Wildman–Crippen LogP) is 2.37. The molecular weight excluding hydrogens is 244 g/mol. The minimum absolute atomic E-state index is 0.0561. The molecule has 0 spiro atoms. The number of carbonyl (C=O) groups is 2. The third-order valence-electron chi connectivity index (χ3n) is 3.87. The lowest BCUT2D eigenvalue weighted by atomic mass is 9.77. The van der Waals surface area contributed by atoms with Gasteiger partial charge in [-0.3, -0.25) is 19.7 Å². The Morgan fingerprint density at radius 2 is 1.68 bits per heavy atom. The molecule has 5 heteroatoms. The maximum Gasteiger partial charge on any atom is 0.310 e. The highest BCUT2D eigenvalue weighted by molar-refractivity contribution is 5.89. The average Bonchev–Trinajstić information content (AvgIpc) is 2.73. The van der Waals surface area contributed by atoms with E-state index in [0.717, 1.165) is 25.7 Å². The van der Waals surface area contributed by atoms with Gasteiger partial charge in [0.1, 0.15) is 0 Å². The molecule has 1 aromatic rings. The number of carbonyl (C=O) groups excluding carboxylic acids is 1. The second-order valence-corrected chi connectivity index (χ2v) is 5.30. The Hall–Kier alpha value is -1.78. The largest absolute Gasteiger partial charge is 0.481 e. The average molecular weight is 264 g/mol. The number of aromatic nitrogens is 1. The predicted molar refractivity (Wildman–Crippen MR) is 71.2 cm³/mol. The van der Waals surface area contributed by atoms with Crippen LogP contribution in [0.4, 0.5) is 0 Å². The quantitative estimate of drug-likeness (QED) is 0.820. The first-order valence-electron chi connectivity index (χ1n) is 6.79. The molecule has 1 aromatic heterocycles. The minimum atomic E-state index is -0.881. The van der Waals surface area contributed by atoms with E-state index in [2.05, 4.69) is 5.43 Å². The van der Waals surface area contributed by atoms with Gasteiger partial charge in [0.05, 0.1) is 5.41 Å². The molecule has 2 rings (SSSR count). The van der Waals surface area contributed by atoms with Crippen LogP contribution in [0.2, 0.25) is 0 Å². The molecule has 0 atom stereocenters. The van der Waals surface area contributed by atoms with Crippen LogP contribution in [0.25, 0.3) is 0 Å². The van der Waals surface area contributed by atoms with Gasteiger partial charge in [0.15, 0.2) is 0 Å². The summed E-state index contributed by atoms with van der Waals surface area (Å²) in [6.45, 7) is 0. The lowest BCUT2D eigenvalue weighted by Gasteiger charge is -2.27. The fourth-order valence-corrected chi connectivity index (χ4v) is 2.77. The fraction of sp³-hybridized carbons (Fsp3) is 0.571. The van der Waals surface area contributed by atoms with Crippen molar-refractivity contribution in [2.24, 2.45) is 5.41 Å². The number of aliphatic carboxylic acids is 1. The van der Waals surface area contributed by atoms with Crippen LogP contribution in [0.15, 0.2) is 24.5 Å². The van der Waals surface area contributed by atoms with Gasteiger partial charge >= 0.3 is 5.97 Å². The molecule has 1 saturated carbocycles. The van der Waals surface area contributed by atoms with Crippen LogP contribution >= 0.6 is 0 Å². The first-order chi connectivity index (χ1) is 9.12. The van der Waals surface area contributed by atoms with Crippen LogP contribution < -0.4 is 5.43 Å². The molecule has 2 N–H and O–H groups in total. The first kappa shape index (κ1) is 13.6. The highest BCUT2D eigenvalue weighted by atomic mass is 16.4. The molecule has 1 heterocycles. The van der Waals surface area contributed by atoms with Gasteiger partial charge in [0.25, 0.3) is 0 Å². The fourth-order valence-electron chi connectivity index (χ4n) is 2.77. The zero-order valence-corrected chi connectivity index (χ0v) is 11.0. The molecule has 0 bridgehead atoms. The van der Waals surface area contributed by atoms with E-state index in [1.165, 1.54) is 0 Å². The van der Waals surface area contributed by atoms with Crippen molar-refractivity contribution < 1.29 is 14.7 Å². The van der Waals surface area contributed by atoms with Crippen molar-refractivity contribution in [3.8, 4) is 0 Å². The second kappa shape index (κ2) is 5.91. The lowest BCUT2D eigenvalue weighted by molar-refractivity contribution is -0.152. The van der Waals surface area contributed by atoms with Gasteiger partial charge in [-0.1, -0.05) is 25.7 Å². The molecule has 104 valence electrons. The minimum Gasteiger partial charge on any atom is -0.481 e. The van der Waals surface area contributed by atoms with Gasteiger partial charge in [0.2, 0.25) is 5.91 Å². The zero-order valence-electron chi connectivity index (χ0n) is 11.0. The number of nitrogens with zero attached hydrogens (tertiary/aromatic N) is 1. The Morgan fingerprint density at radius 1 is 1.11 bits per heavy atom. The highest BCUT2D eigenvalue weighted by Gasteiger charge is 2.40. The van der Waals surface area contributed by atoms with Crippen molar-refractivity contribution in [1.29, 1.82) is 0 Å². The number of rotatable bonds is 4. The van der Waals surface area contributed by atoms with E-state index in [1.54, 1.807) is 29.2 Å². The molecule has 1 amide bonds. The third-order valence-corrected chi connectivity index (χ3v) is 3.87. The van der Waals surface area contributed by atoms with Gasteiger partial charge in [-0.2, -0.15) is 0 Å². The van der Waals surface area contributed by atoms with Crippen LogP contribution in [0.5, 0.6) is 0 Å². The smallest absolute Gasteiger partial charge is 0.310 e. The summed E-state index contributed by atoms with van der Waals surface area (Å²) in [7, 11) is 0. The summed E-state index contributed by atoms with van der Waals surface area (Å²) in [6, 6.07) is 3.61. The Morgan fingerprint density at radius 3 is 2.21 bits per heavy atom. The number of hydrogen-bond acceptors (Lipinski definition) is 2. The normalized spacial score (nSPS) is 18.5. The van der Waals surface area contributed by atoms with Crippen LogP contribution in [0.3, 0.4) is 0 Å². The zero-order chi connectivity index (χ0) is 13.7. The van der Waals surface area contributed by atoms with Crippen LogP contribution in [0, 0.1) is 5.41 Å². The van der Waals surface area contributed by atoms with Gasteiger partial charge in [-0.15, -0.1) is 0 Å². The Kier molecular flexibility index (Phi) is 4.24. The molecule has 5 nitrogen and oxygen atoms in total. The Bertz CT molecular complexity index is 432. The maximum absolute atomic E-state index is 12.0. The topological polar surface area (TPSA) is 71.3 Å². The molecule has 0 saturated heterocycles. The summed E-state index contributed by atoms with van der Waals surface area (Å²) in [4.78, 5) is 23.6. The number of carboxylic acid groups (broad SMARTS) is 1. The molecule has 1 aliphatic carbocycles. The maximum atomic E-state index is 12.0. The van der Waals surface area contributed by atoms with E-state index >= 15 is 0 Å². The molecule has 0 aliphatic heterocycles. The summed E-state index contributed by atoms with van der Waals surface area (Å²) in [6.07, 6.45) is 8.61. The standard InChI is InChI=1S/C14H20N2O3/c17-12(15-16-9-5-6-10-16)11-14(13(18)19)7-3-1-2-4-8-14/h5-6,9-10H,1-4,7-8,11H2,(H,15,17)(H,18,19). The van der Waals surface area contributed by atoms with Crippen LogP contribution in [0.1, 0.15) is 44.9 Å². The molecule has 1 fully saturated rings. The van der Waals surface area contributed by atoms with E-state index in [9.17, 15) is 14.7 Å². The van der Waals surface area contributed by atoms with E-state index in [4.69, 9.17) is 0 Å². The summed E-state index contributed by atoms with van der Waals surface area (Å²) in [5.41, 5.74) is 1.80. The SMILES string of the molecule is O=C(CC1(C(=O)O)CCCCCC1)Nn1cccc1. The van der Waals surface area contributed by atoms with Crippen molar-refractivity contribution in [3.63, 3.8) is 0 Å². The van der Waals surface area contributed by atoms with Crippen LogP contribution in [-0.4, -0.2) is 21.7 Å². The van der Waals surface area contributed by atoms with Gasteiger partial charge in [0, 0.05) is 18.8 Å². The monoisotopic (exact) mass is 264 g/mol. The van der Waals surface area contributed by atoms with Crippen molar-refractivity contribution in [1.82, 2.24) is 4.68 Å². The second-order valence-electron chi connectivity index (χ2n) is 5.30. The first-order valence-corrected chi connectivity index (χ1v) is 6.79. The molecule has 0 radical (unpaired) electrons. The Labute approximate surface area is 112 Å². The van der Waals surface area contributed by atoms with E-state index < -0.39 is 11.4 Å². The van der Waals surface area contributed by atoms with Crippen molar-refractivity contribution in [2.45, 2.75) is 44.9 Å². The van der Waals surface area contributed by atoms with E-state index in [1.807, 2.05) is 0 Å². The van der Waals surface area contributed by atoms with Gasteiger partial charge in [-0.25, -0.2) is 0 Å². The Balaban J connectivity index is 2.03. The molecule has 0 unspecified atom stereocenters. The third kappa shape index (κ3) is 3.36. The van der Waals surface area contributed by atoms with E-state index in [-0.39, 0.29) is 12.3 Å². The molecular formula is C14H20N2O3. The number of carboxylic acids is 1. The highest BCUT2D eigenvalue weighted by Crippen LogP contribution is 2.38. The van der Waals surface area contributed by atoms with Crippen molar-refractivity contribution in [3.05, 3.63) is 24.5 Å². The summed E-state index contributed by atoms with van der Waals surface area (Å²) < 4.78 is 1.55. The molecule has 1 aliphatic rings. The van der Waals surface area contributed by atoms with Crippen molar-refractivity contribution >= 4 is 11.9 Å². The molecule has 0 aromatic carbocycles. The van der Waals surface area contributed by atoms with Gasteiger partial charge in [-0.05, 0) is 25.0 Å². The summed E-state index contributed by atoms with van der Waals surface area (Å²) in [5.74, 6) is -1.07. The molecule has 19 heavy (non-hydrogen) atoms. The van der Waals surface area contributed by atoms with E-state index in [0.29, 0.717) is 12.8 Å². The number of hydrogen-bond donors (Lipinski definition) is 2. The summed E-state index contributed by atoms with van der Waals surface area (Å²) in [5, 5.41) is 9.50. The lowest BCUT2D eigenvalue weighted by Crippen LogP contribution is -2.36. The van der Waals surface area contributed by atoms with Crippen molar-refractivity contribution in [2.75, 3.05) is 5.43 Å². The van der Waals surface area contributed by atoms with Gasteiger partial charge < -0.3 is 5.11 Å². The summed E-state index contributed by atoms with van der Waals surface area (Å²) >= 11 is 0. The number of amides is 1. The number of nitrogens with one attached hydrogen (secondary N) is 1. The van der Waals surface area contributed by atoms with Crippen LogP contribution in [-0.2, 0) is 9.59 Å².